The number of benzene rings is 3. The zero-order valence-corrected chi connectivity index (χ0v) is 26.1. The van der Waals surface area contributed by atoms with Crippen molar-refractivity contribution in [3.63, 3.8) is 0 Å². The fraction of sp³-hybridized carbons (Fsp3) is 0.314. The Balaban J connectivity index is 1.36. The fourth-order valence-electron chi connectivity index (χ4n) is 8.25. The molecule has 1 saturated carbocycles. The maximum absolute atomic E-state index is 14.4. The summed E-state index contributed by atoms with van der Waals surface area (Å²) in [6.45, 7) is 1.62. The van der Waals surface area contributed by atoms with Gasteiger partial charge in [0.1, 0.15) is 5.75 Å². The first-order valence-corrected chi connectivity index (χ1v) is 15.6. The molecule has 0 unspecified atom stereocenters. The minimum absolute atomic E-state index is 0.0613. The molecular formula is C35H25ClF6N2O5. The maximum Gasteiger partial charge on any atom is 0.416 e. The monoisotopic (exact) mass is 702 g/mol. The molecule has 7 nitrogen and oxygen atoms in total. The Labute approximate surface area is 279 Å². The smallest absolute Gasteiger partial charge is 0.416 e. The molecule has 49 heavy (non-hydrogen) atoms. The van der Waals surface area contributed by atoms with E-state index in [1.54, 1.807) is 43.3 Å². The second-order valence-corrected chi connectivity index (χ2v) is 13.4. The van der Waals surface area contributed by atoms with E-state index in [1.165, 1.54) is 18.2 Å². The summed E-state index contributed by atoms with van der Waals surface area (Å²) in [5.41, 5.74) is -4.53. The number of hydrogen-bond donors (Lipinski definition) is 1. The Morgan fingerprint density at radius 3 is 2.00 bits per heavy atom. The first-order valence-electron chi connectivity index (χ1n) is 15.2. The number of nitrogens with zero attached hydrogens (tertiary/aromatic N) is 2. The van der Waals surface area contributed by atoms with Crippen LogP contribution in [-0.2, 0) is 31.5 Å². The normalized spacial score (nSPS) is 28.4. The number of anilines is 2. The average molecular weight is 703 g/mol. The van der Waals surface area contributed by atoms with E-state index in [1.807, 2.05) is 0 Å². The summed E-state index contributed by atoms with van der Waals surface area (Å²) in [4.78, 5) is 58.0. The Kier molecular flexibility index (Phi) is 7.33. The van der Waals surface area contributed by atoms with Gasteiger partial charge in [-0.15, -0.1) is 0 Å². The van der Waals surface area contributed by atoms with E-state index in [0.29, 0.717) is 33.9 Å². The summed E-state index contributed by atoms with van der Waals surface area (Å²) in [5.74, 6) is -8.57. The molecule has 3 aromatic rings. The van der Waals surface area contributed by atoms with E-state index in [0.717, 1.165) is 4.90 Å². The first-order chi connectivity index (χ1) is 22.9. The van der Waals surface area contributed by atoms with Gasteiger partial charge in [0.25, 0.3) is 0 Å². The minimum Gasteiger partial charge on any atom is -0.508 e. The second-order valence-electron chi connectivity index (χ2n) is 13.0. The third-order valence-corrected chi connectivity index (χ3v) is 10.7. The highest BCUT2D eigenvalue weighted by atomic mass is 35.5. The lowest BCUT2D eigenvalue weighted by molar-refractivity contribution is -0.143. The number of rotatable bonds is 3. The SMILES string of the molecule is C[C@@]12C(=O)N(c3ccccc3)C(=O)[C@@H]1C[C@@H]1C(=CC[C@@H]3C(=O)N(c4cc(C(F)(F)F)cc(C(F)(F)F)c4)C(=O)[C@@H]31)[C@@H]2c1ccc(O)cc1Cl. The molecular weight excluding hydrogens is 678 g/mol. The van der Waals surface area contributed by atoms with Crippen LogP contribution in [0.5, 0.6) is 5.75 Å². The number of carbonyl (C=O) groups excluding carboxylic acids is 4. The van der Waals surface area contributed by atoms with Crippen molar-refractivity contribution in [3.05, 3.63) is 100 Å². The molecule has 1 N–H and O–H groups in total. The van der Waals surface area contributed by atoms with Gasteiger partial charge < -0.3 is 5.11 Å². The standard InChI is InChI=1S/C35H25ClF6N2O5/c1-33-25(30(47)44(32(33)49)18-5-3-2-4-6-18)15-24-21(28(33)22-8-7-20(45)14-26(22)36)9-10-23-27(24)31(48)43(29(23)46)19-12-16(34(37,38)39)11-17(13-19)35(40,41)42/h2-9,11-14,23-25,27-28,45H,10,15H2,1H3/t23-,24+,25-,27-,28+,33+/m0/s1. The van der Waals surface area contributed by atoms with Crippen molar-refractivity contribution in [3.8, 4) is 5.75 Å². The van der Waals surface area contributed by atoms with E-state index < -0.39 is 87.8 Å². The number of imide groups is 2. The predicted octanol–water partition coefficient (Wildman–Crippen LogP) is 7.52. The van der Waals surface area contributed by atoms with Gasteiger partial charge in [-0.3, -0.25) is 19.2 Å². The summed E-state index contributed by atoms with van der Waals surface area (Å²) in [5, 5.41) is 10.2. The van der Waals surface area contributed by atoms with Crippen molar-refractivity contribution in [2.45, 2.75) is 38.0 Å². The van der Waals surface area contributed by atoms with Crippen LogP contribution in [-0.4, -0.2) is 28.7 Å². The molecule has 2 aliphatic heterocycles. The molecule has 4 aliphatic rings. The molecule has 14 heteroatoms. The predicted molar refractivity (Wildman–Crippen MR) is 163 cm³/mol. The fourth-order valence-corrected chi connectivity index (χ4v) is 8.54. The van der Waals surface area contributed by atoms with Crippen molar-refractivity contribution in [2.75, 3.05) is 9.80 Å². The van der Waals surface area contributed by atoms with Crippen molar-refractivity contribution >= 4 is 46.6 Å². The zero-order chi connectivity index (χ0) is 35.4. The highest BCUT2D eigenvalue weighted by Gasteiger charge is 2.68. The summed E-state index contributed by atoms with van der Waals surface area (Å²) < 4.78 is 82.4. The lowest BCUT2D eigenvalue weighted by atomic mass is 9.51. The summed E-state index contributed by atoms with van der Waals surface area (Å²) in [6, 6.07) is 12.9. The van der Waals surface area contributed by atoms with Gasteiger partial charge in [-0.1, -0.05) is 47.5 Å². The number of para-hydroxylation sites is 1. The van der Waals surface area contributed by atoms with E-state index in [2.05, 4.69) is 0 Å². The number of phenolic OH excluding ortho intramolecular Hbond substituents is 1. The number of hydrogen-bond acceptors (Lipinski definition) is 5. The van der Waals surface area contributed by atoms with Crippen molar-refractivity contribution in [1.82, 2.24) is 0 Å². The Morgan fingerprint density at radius 2 is 1.41 bits per heavy atom. The summed E-state index contributed by atoms with van der Waals surface area (Å²) >= 11 is 6.64. The third kappa shape index (κ3) is 4.87. The molecule has 2 heterocycles. The molecule has 0 radical (unpaired) electrons. The van der Waals surface area contributed by atoms with Gasteiger partial charge in [0, 0.05) is 10.9 Å². The van der Waals surface area contributed by atoms with Crippen LogP contribution in [0.4, 0.5) is 37.7 Å². The Bertz CT molecular complexity index is 1950. The zero-order valence-electron chi connectivity index (χ0n) is 25.3. The minimum atomic E-state index is -5.21. The molecule has 2 aliphatic carbocycles. The summed E-state index contributed by atoms with van der Waals surface area (Å²) in [7, 11) is 0. The van der Waals surface area contributed by atoms with Gasteiger partial charge in [0.2, 0.25) is 23.6 Å². The van der Waals surface area contributed by atoms with Crippen LogP contribution in [0.3, 0.4) is 0 Å². The Morgan fingerprint density at radius 1 is 0.776 bits per heavy atom. The van der Waals surface area contributed by atoms with Gasteiger partial charge in [-0.25, -0.2) is 9.80 Å². The molecule has 0 spiro atoms. The van der Waals surface area contributed by atoms with E-state index in [4.69, 9.17) is 11.6 Å². The molecule has 3 fully saturated rings. The number of phenols is 1. The highest BCUT2D eigenvalue weighted by Crippen LogP contribution is 2.64. The topological polar surface area (TPSA) is 95.0 Å². The molecule has 4 amide bonds. The highest BCUT2D eigenvalue weighted by molar-refractivity contribution is 6.32. The molecule has 0 bridgehead atoms. The van der Waals surface area contributed by atoms with Gasteiger partial charge in [-0.05, 0) is 73.7 Å². The summed E-state index contributed by atoms with van der Waals surface area (Å²) in [6.07, 6.45) is -8.99. The van der Waals surface area contributed by atoms with Crippen LogP contribution in [0.25, 0.3) is 0 Å². The number of carbonyl (C=O) groups is 4. The number of fused-ring (bicyclic) bond motifs is 4. The number of allylic oxidation sites excluding steroid dienone is 2. The van der Waals surface area contributed by atoms with Gasteiger partial charge in [0.15, 0.2) is 0 Å². The van der Waals surface area contributed by atoms with Gasteiger partial charge in [0.05, 0.1) is 45.7 Å². The quantitative estimate of drug-likeness (QED) is 0.173. The number of halogens is 7. The number of alkyl halides is 6. The molecule has 3 aromatic carbocycles. The van der Waals surface area contributed by atoms with Crippen LogP contribution in [0, 0.1) is 29.1 Å². The van der Waals surface area contributed by atoms with E-state index in [9.17, 15) is 50.6 Å². The van der Waals surface area contributed by atoms with Gasteiger partial charge >= 0.3 is 12.4 Å². The van der Waals surface area contributed by atoms with E-state index >= 15 is 0 Å². The largest absolute Gasteiger partial charge is 0.508 e. The second kappa shape index (κ2) is 10.9. The van der Waals surface area contributed by atoms with E-state index in [-0.39, 0.29) is 29.7 Å². The van der Waals surface area contributed by atoms with Gasteiger partial charge in [-0.2, -0.15) is 26.3 Å². The van der Waals surface area contributed by atoms with Crippen molar-refractivity contribution in [1.29, 1.82) is 0 Å². The maximum atomic E-state index is 14.4. The van der Waals surface area contributed by atoms with Crippen molar-refractivity contribution < 1.29 is 50.6 Å². The molecule has 2 saturated heterocycles. The first kappa shape index (κ1) is 32.9. The van der Waals surface area contributed by atoms with Crippen LogP contribution in [0.15, 0.2) is 78.4 Å². The van der Waals surface area contributed by atoms with Crippen LogP contribution in [0.1, 0.15) is 42.4 Å². The van der Waals surface area contributed by atoms with Crippen LogP contribution >= 0.6 is 11.6 Å². The molecule has 254 valence electrons. The lowest BCUT2D eigenvalue weighted by Gasteiger charge is -2.49. The number of amides is 4. The average Bonchev–Trinajstić information content (AvgIpc) is 3.40. The lowest BCUT2D eigenvalue weighted by Crippen LogP contribution is -2.49. The number of aromatic hydroxyl groups is 1. The molecule has 6 atom stereocenters. The van der Waals surface area contributed by atoms with Crippen molar-refractivity contribution in [2.24, 2.45) is 29.1 Å². The third-order valence-electron chi connectivity index (χ3n) is 10.4. The molecule has 7 rings (SSSR count). The molecule has 0 aromatic heterocycles. The van der Waals surface area contributed by atoms with Crippen LogP contribution in [0.2, 0.25) is 5.02 Å². The van der Waals surface area contributed by atoms with Crippen LogP contribution < -0.4 is 9.80 Å². The Hall–Kier alpha value is -4.65.